The summed E-state index contributed by atoms with van der Waals surface area (Å²) in [7, 11) is 1.66. The van der Waals surface area contributed by atoms with Gasteiger partial charge in [-0.25, -0.2) is 0 Å². The molecule has 0 spiro atoms. The van der Waals surface area contributed by atoms with Crippen molar-refractivity contribution < 1.29 is 9.47 Å². The van der Waals surface area contributed by atoms with Gasteiger partial charge in [0.2, 0.25) is 0 Å². The first-order valence-corrected chi connectivity index (χ1v) is 8.18. The molecule has 1 atom stereocenters. The van der Waals surface area contributed by atoms with Gasteiger partial charge in [-0.1, -0.05) is 35.9 Å². The molecule has 3 heteroatoms. The van der Waals surface area contributed by atoms with Gasteiger partial charge in [0.25, 0.3) is 0 Å². The fourth-order valence-corrected chi connectivity index (χ4v) is 2.85. The monoisotopic (exact) mass is 313 g/mol. The zero-order valence-corrected chi connectivity index (χ0v) is 14.3. The molecule has 2 aromatic rings. The van der Waals surface area contributed by atoms with Crippen LogP contribution < -0.4 is 15.2 Å². The van der Waals surface area contributed by atoms with Gasteiger partial charge < -0.3 is 15.2 Å². The molecule has 2 N–H and O–H groups in total. The van der Waals surface area contributed by atoms with Crippen LogP contribution in [-0.2, 0) is 0 Å². The molecule has 0 bridgehead atoms. The van der Waals surface area contributed by atoms with E-state index in [1.54, 1.807) is 7.11 Å². The molecule has 2 rings (SSSR count). The summed E-state index contributed by atoms with van der Waals surface area (Å²) in [5.74, 6) is 1.96. The molecule has 0 radical (unpaired) electrons. The van der Waals surface area contributed by atoms with Crippen LogP contribution in [0.25, 0.3) is 0 Å². The highest BCUT2D eigenvalue weighted by Crippen LogP contribution is 2.27. The smallest absolute Gasteiger partial charge is 0.161 e. The maximum atomic E-state index is 6.00. The van der Waals surface area contributed by atoms with Gasteiger partial charge in [0.15, 0.2) is 11.5 Å². The number of methoxy groups -OCH3 is 1. The third kappa shape index (κ3) is 4.73. The Kier molecular flexibility index (Phi) is 6.48. The quantitative estimate of drug-likeness (QED) is 0.742. The topological polar surface area (TPSA) is 44.5 Å². The van der Waals surface area contributed by atoms with Crippen LogP contribution >= 0.6 is 0 Å². The summed E-state index contributed by atoms with van der Waals surface area (Å²) in [6.45, 7) is 5.62. The van der Waals surface area contributed by atoms with Gasteiger partial charge in [-0.05, 0) is 62.4 Å². The first kappa shape index (κ1) is 17.4. The van der Waals surface area contributed by atoms with Gasteiger partial charge >= 0.3 is 0 Å². The summed E-state index contributed by atoms with van der Waals surface area (Å²) in [6.07, 6.45) is 1.99. The molecule has 0 amide bonds. The van der Waals surface area contributed by atoms with E-state index in [2.05, 4.69) is 32.0 Å². The normalized spacial score (nSPS) is 12.0. The van der Waals surface area contributed by atoms with Gasteiger partial charge in [-0.15, -0.1) is 0 Å². The van der Waals surface area contributed by atoms with E-state index in [9.17, 15) is 0 Å². The van der Waals surface area contributed by atoms with Crippen LogP contribution in [-0.4, -0.2) is 20.3 Å². The van der Waals surface area contributed by atoms with Gasteiger partial charge in [0, 0.05) is 0 Å². The van der Waals surface area contributed by atoms with E-state index < -0.39 is 0 Å². The minimum atomic E-state index is 0.385. The first-order chi connectivity index (χ1) is 11.2. The Bertz CT molecular complexity index is 625. The molecule has 1 unspecified atom stereocenters. The maximum absolute atomic E-state index is 6.00. The Morgan fingerprint density at radius 3 is 2.48 bits per heavy atom. The minimum Gasteiger partial charge on any atom is -0.493 e. The highest BCUT2D eigenvalue weighted by atomic mass is 16.5. The van der Waals surface area contributed by atoms with Gasteiger partial charge in [0.1, 0.15) is 0 Å². The number of nitrogens with two attached hydrogens (primary N) is 1. The van der Waals surface area contributed by atoms with Crippen molar-refractivity contribution in [1.82, 2.24) is 0 Å². The Labute approximate surface area is 139 Å². The molecule has 0 fully saturated rings. The van der Waals surface area contributed by atoms with Crippen molar-refractivity contribution >= 4 is 0 Å². The number of para-hydroxylation sites is 2. The molecular weight excluding hydrogens is 286 g/mol. The summed E-state index contributed by atoms with van der Waals surface area (Å²) in [4.78, 5) is 0. The second-order valence-electron chi connectivity index (χ2n) is 5.93. The molecular formula is C20H27NO2. The number of rotatable bonds is 8. The van der Waals surface area contributed by atoms with Crippen LogP contribution in [0.3, 0.4) is 0 Å². The van der Waals surface area contributed by atoms with Crippen molar-refractivity contribution in [3.63, 3.8) is 0 Å². The molecule has 0 heterocycles. The fraction of sp³-hybridized carbons (Fsp3) is 0.400. The van der Waals surface area contributed by atoms with Crippen molar-refractivity contribution in [1.29, 1.82) is 0 Å². The molecule has 0 aliphatic rings. The van der Waals surface area contributed by atoms with E-state index >= 15 is 0 Å². The Morgan fingerprint density at radius 2 is 1.78 bits per heavy atom. The van der Waals surface area contributed by atoms with Crippen molar-refractivity contribution in [2.24, 2.45) is 5.73 Å². The molecule has 23 heavy (non-hydrogen) atoms. The van der Waals surface area contributed by atoms with E-state index in [1.807, 2.05) is 24.3 Å². The van der Waals surface area contributed by atoms with E-state index in [0.717, 1.165) is 24.3 Å². The standard InChI is InChI=1S/C20H27NO2/c1-15-10-11-16(2)18(13-15)17(14-21)7-6-12-23-20-9-5-4-8-19(20)22-3/h4-5,8-11,13,17H,6-7,12,14,21H2,1-3H3. The number of hydrogen-bond acceptors (Lipinski definition) is 3. The summed E-state index contributed by atoms with van der Waals surface area (Å²) < 4.78 is 11.1. The zero-order chi connectivity index (χ0) is 16.7. The van der Waals surface area contributed by atoms with Crippen molar-refractivity contribution in [3.05, 3.63) is 59.2 Å². The molecule has 0 saturated carbocycles. The molecule has 0 aliphatic heterocycles. The van der Waals surface area contributed by atoms with E-state index in [1.165, 1.54) is 16.7 Å². The van der Waals surface area contributed by atoms with Crippen LogP contribution in [0, 0.1) is 13.8 Å². The van der Waals surface area contributed by atoms with Crippen LogP contribution in [0.2, 0.25) is 0 Å². The Hall–Kier alpha value is -2.00. The van der Waals surface area contributed by atoms with Crippen LogP contribution in [0.1, 0.15) is 35.4 Å². The van der Waals surface area contributed by atoms with Gasteiger partial charge in [-0.2, -0.15) is 0 Å². The number of aryl methyl sites for hydroxylation is 2. The average Bonchev–Trinajstić information content (AvgIpc) is 2.58. The lowest BCUT2D eigenvalue weighted by atomic mass is 9.90. The van der Waals surface area contributed by atoms with E-state index in [4.69, 9.17) is 15.2 Å². The molecule has 0 saturated heterocycles. The lowest BCUT2D eigenvalue weighted by Crippen LogP contribution is -2.15. The summed E-state index contributed by atoms with van der Waals surface area (Å²) in [5, 5.41) is 0. The van der Waals surface area contributed by atoms with Crippen LogP contribution in [0.15, 0.2) is 42.5 Å². The number of hydrogen-bond donors (Lipinski definition) is 1. The highest BCUT2D eigenvalue weighted by Gasteiger charge is 2.12. The highest BCUT2D eigenvalue weighted by molar-refractivity contribution is 5.39. The number of ether oxygens (including phenoxy) is 2. The lowest BCUT2D eigenvalue weighted by Gasteiger charge is -2.18. The largest absolute Gasteiger partial charge is 0.493 e. The van der Waals surface area contributed by atoms with Crippen molar-refractivity contribution in [3.8, 4) is 11.5 Å². The van der Waals surface area contributed by atoms with E-state index in [-0.39, 0.29) is 0 Å². The molecule has 0 aromatic heterocycles. The third-order valence-corrected chi connectivity index (χ3v) is 4.18. The van der Waals surface area contributed by atoms with Crippen LogP contribution in [0.5, 0.6) is 11.5 Å². The second kappa shape index (κ2) is 8.59. The molecule has 124 valence electrons. The lowest BCUT2D eigenvalue weighted by molar-refractivity contribution is 0.282. The number of benzene rings is 2. The molecule has 3 nitrogen and oxygen atoms in total. The van der Waals surface area contributed by atoms with E-state index in [0.29, 0.717) is 19.1 Å². The Balaban J connectivity index is 1.90. The molecule has 2 aromatic carbocycles. The third-order valence-electron chi connectivity index (χ3n) is 4.18. The van der Waals surface area contributed by atoms with Gasteiger partial charge in [-0.3, -0.25) is 0 Å². The average molecular weight is 313 g/mol. The Morgan fingerprint density at radius 1 is 1.04 bits per heavy atom. The maximum Gasteiger partial charge on any atom is 0.161 e. The van der Waals surface area contributed by atoms with Crippen molar-refractivity contribution in [2.45, 2.75) is 32.6 Å². The predicted molar refractivity (Wildman–Crippen MR) is 95.4 cm³/mol. The second-order valence-corrected chi connectivity index (χ2v) is 5.93. The van der Waals surface area contributed by atoms with Crippen LogP contribution in [0.4, 0.5) is 0 Å². The SMILES string of the molecule is COc1ccccc1OCCCC(CN)c1cc(C)ccc1C. The van der Waals surface area contributed by atoms with Crippen molar-refractivity contribution in [2.75, 3.05) is 20.3 Å². The summed E-state index contributed by atoms with van der Waals surface area (Å²) in [6, 6.07) is 14.3. The fourth-order valence-electron chi connectivity index (χ4n) is 2.85. The van der Waals surface area contributed by atoms with Gasteiger partial charge in [0.05, 0.1) is 13.7 Å². The summed E-state index contributed by atoms with van der Waals surface area (Å²) in [5.41, 5.74) is 9.97. The first-order valence-electron chi connectivity index (χ1n) is 8.18. The zero-order valence-electron chi connectivity index (χ0n) is 14.3. The summed E-state index contributed by atoms with van der Waals surface area (Å²) >= 11 is 0. The predicted octanol–water partition coefficient (Wildman–Crippen LogP) is 4.21. The molecule has 0 aliphatic carbocycles. The minimum absolute atomic E-state index is 0.385.